The maximum Gasteiger partial charge on any atom is 0.252 e. The number of pyridine rings is 1. The van der Waals surface area contributed by atoms with E-state index in [4.69, 9.17) is 9.72 Å². The molecule has 1 aromatic heterocycles. The highest BCUT2D eigenvalue weighted by atomic mass is 35.5. The van der Waals surface area contributed by atoms with Gasteiger partial charge in [0.25, 0.3) is 5.91 Å². The number of fused-ring (bicyclic) bond motifs is 1. The van der Waals surface area contributed by atoms with Crippen LogP contribution in [0.25, 0.3) is 10.9 Å². The quantitative estimate of drug-likeness (QED) is 0.732. The third-order valence-corrected chi connectivity index (χ3v) is 5.31. The fourth-order valence-corrected chi connectivity index (χ4v) is 3.68. The van der Waals surface area contributed by atoms with E-state index in [1.807, 2.05) is 30.3 Å². The average molecular weight is 428 g/mol. The Labute approximate surface area is 179 Å². The number of halogens is 2. The number of ether oxygens (including phenoxy) is 1. The van der Waals surface area contributed by atoms with Crippen molar-refractivity contribution in [1.29, 1.82) is 0 Å². The number of aromatic nitrogens is 1. The SMILES string of the molecule is COCC1(CNC(=O)c2cc(C(C)C)nc3ccccc23)CCNCC1.Cl.Cl. The molecule has 1 aliphatic heterocycles. The van der Waals surface area contributed by atoms with Crippen LogP contribution in [0.1, 0.15) is 48.7 Å². The highest BCUT2D eigenvalue weighted by Crippen LogP contribution is 2.29. The summed E-state index contributed by atoms with van der Waals surface area (Å²) in [6, 6.07) is 9.79. The molecule has 0 aliphatic carbocycles. The number of carbonyl (C=O) groups excluding carboxylic acids is 1. The van der Waals surface area contributed by atoms with Gasteiger partial charge in [-0.15, -0.1) is 24.8 Å². The van der Waals surface area contributed by atoms with Crippen molar-refractivity contribution in [3.05, 3.63) is 41.6 Å². The van der Waals surface area contributed by atoms with Crippen LogP contribution in [0.15, 0.2) is 30.3 Å². The van der Waals surface area contributed by atoms with Gasteiger partial charge in [-0.3, -0.25) is 9.78 Å². The van der Waals surface area contributed by atoms with Crippen LogP contribution >= 0.6 is 24.8 Å². The van der Waals surface area contributed by atoms with Crippen LogP contribution in [0, 0.1) is 5.41 Å². The summed E-state index contributed by atoms with van der Waals surface area (Å²) in [6.45, 7) is 7.44. The highest BCUT2D eigenvalue weighted by molar-refractivity contribution is 6.06. The minimum absolute atomic E-state index is 0. The van der Waals surface area contributed by atoms with Crippen LogP contribution in [0.3, 0.4) is 0 Å². The van der Waals surface area contributed by atoms with Gasteiger partial charge in [-0.1, -0.05) is 32.0 Å². The van der Waals surface area contributed by atoms with Gasteiger partial charge in [0.2, 0.25) is 0 Å². The second kappa shape index (κ2) is 11.0. The summed E-state index contributed by atoms with van der Waals surface area (Å²) in [6.07, 6.45) is 2.02. The van der Waals surface area contributed by atoms with E-state index in [1.165, 1.54) is 0 Å². The molecule has 0 unspecified atom stereocenters. The van der Waals surface area contributed by atoms with E-state index in [0.717, 1.165) is 42.5 Å². The zero-order valence-electron chi connectivity index (χ0n) is 16.8. The van der Waals surface area contributed by atoms with E-state index >= 15 is 0 Å². The second-order valence-corrected chi connectivity index (χ2v) is 7.63. The van der Waals surface area contributed by atoms with Crippen molar-refractivity contribution in [3.8, 4) is 0 Å². The van der Waals surface area contributed by atoms with Crippen LogP contribution in [-0.4, -0.2) is 44.2 Å². The van der Waals surface area contributed by atoms with Crippen molar-refractivity contribution in [1.82, 2.24) is 15.6 Å². The Balaban J connectivity index is 0.00000196. The standard InChI is InChI=1S/C21H29N3O2.2ClH/c1-15(2)19-12-17(16-6-4-5-7-18(16)24-19)20(25)23-13-21(14-26-3)8-10-22-11-9-21;;/h4-7,12,15,22H,8-11,13-14H2,1-3H3,(H,23,25);2*1H. The fourth-order valence-electron chi connectivity index (χ4n) is 3.68. The predicted octanol–water partition coefficient (Wildman–Crippen LogP) is 3.95. The first kappa shape index (κ1) is 24.6. The number of methoxy groups -OCH3 is 1. The number of rotatable bonds is 6. The Morgan fingerprint density at radius 1 is 1.25 bits per heavy atom. The monoisotopic (exact) mass is 427 g/mol. The third-order valence-electron chi connectivity index (χ3n) is 5.31. The molecule has 1 amide bonds. The van der Waals surface area contributed by atoms with Crippen molar-refractivity contribution < 1.29 is 9.53 Å². The molecule has 5 nitrogen and oxygen atoms in total. The van der Waals surface area contributed by atoms with Crippen LogP contribution in [-0.2, 0) is 4.74 Å². The van der Waals surface area contributed by atoms with Crippen molar-refractivity contribution in [2.24, 2.45) is 5.41 Å². The molecule has 3 rings (SSSR count). The van der Waals surface area contributed by atoms with E-state index in [1.54, 1.807) is 7.11 Å². The molecule has 0 atom stereocenters. The molecule has 0 saturated carbocycles. The summed E-state index contributed by atoms with van der Waals surface area (Å²) in [4.78, 5) is 17.7. The summed E-state index contributed by atoms with van der Waals surface area (Å²) < 4.78 is 5.45. The van der Waals surface area contributed by atoms with Crippen LogP contribution in [0.5, 0.6) is 0 Å². The smallest absolute Gasteiger partial charge is 0.252 e. The lowest BCUT2D eigenvalue weighted by molar-refractivity contribution is 0.0512. The molecular weight excluding hydrogens is 397 g/mol. The molecule has 2 aromatic rings. The Morgan fingerprint density at radius 3 is 2.57 bits per heavy atom. The molecule has 0 radical (unpaired) electrons. The molecule has 28 heavy (non-hydrogen) atoms. The number of carbonyl (C=O) groups is 1. The van der Waals surface area contributed by atoms with Crippen molar-refractivity contribution >= 4 is 41.6 Å². The van der Waals surface area contributed by atoms with Crippen molar-refractivity contribution in [2.45, 2.75) is 32.6 Å². The normalized spacial score (nSPS) is 15.6. The summed E-state index contributed by atoms with van der Waals surface area (Å²) in [5.74, 6) is 0.245. The molecule has 1 fully saturated rings. The fraction of sp³-hybridized carbons (Fsp3) is 0.524. The van der Waals surface area contributed by atoms with Crippen molar-refractivity contribution in [2.75, 3.05) is 33.4 Å². The van der Waals surface area contributed by atoms with E-state index in [9.17, 15) is 4.79 Å². The van der Waals surface area contributed by atoms with Gasteiger partial charge >= 0.3 is 0 Å². The number of nitrogens with one attached hydrogen (secondary N) is 2. The topological polar surface area (TPSA) is 63.2 Å². The minimum atomic E-state index is -0.0282. The number of nitrogens with zero attached hydrogens (tertiary/aromatic N) is 1. The largest absolute Gasteiger partial charge is 0.384 e. The Morgan fingerprint density at radius 2 is 1.93 bits per heavy atom. The molecule has 2 heterocycles. The van der Waals surface area contributed by atoms with E-state index in [0.29, 0.717) is 18.7 Å². The lowest BCUT2D eigenvalue weighted by Gasteiger charge is -2.37. The Hall–Kier alpha value is -1.40. The number of amides is 1. The van der Waals surface area contributed by atoms with Crippen LogP contribution < -0.4 is 10.6 Å². The van der Waals surface area contributed by atoms with Gasteiger partial charge in [0, 0.05) is 30.1 Å². The summed E-state index contributed by atoms with van der Waals surface area (Å²) in [5, 5.41) is 7.47. The van der Waals surface area contributed by atoms with E-state index < -0.39 is 0 Å². The van der Waals surface area contributed by atoms with E-state index in [2.05, 4.69) is 24.5 Å². The summed E-state index contributed by atoms with van der Waals surface area (Å²) in [7, 11) is 1.73. The Bertz CT molecular complexity index is 772. The highest BCUT2D eigenvalue weighted by Gasteiger charge is 2.32. The second-order valence-electron chi connectivity index (χ2n) is 7.63. The zero-order valence-corrected chi connectivity index (χ0v) is 18.4. The molecule has 2 N–H and O–H groups in total. The molecule has 1 saturated heterocycles. The van der Waals surface area contributed by atoms with Crippen LogP contribution in [0.2, 0.25) is 0 Å². The maximum atomic E-state index is 13.0. The molecule has 1 aromatic carbocycles. The average Bonchev–Trinajstić information content (AvgIpc) is 2.66. The molecule has 0 bridgehead atoms. The van der Waals surface area contributed by atoms with E-state index in [-0.39, 0.29) is 42.1 Å². The molecule has 7 heteroatoms. The van der Waals surface area contributed by atoms with Gasteiger partial charge in [0.15, 0.2) is 0 Å². The van der Waals surface area contributed by atoms with Gasteiger partial charge in [0.1, 0.15) is 0 Å². The van der Waals surface area contributed by atoms with Gasteiger partial charge in [-0.2, -0.15) is 0 Å². The third kappa shape index (κ3) is 5.57. The predicted molar refractivity (Wildman–Crippen MR) is 119 cm³/mol. The first-order chi connectivity index (χ1) is 12.5. The van der Waals surface area contributed by atoms with Gasteiger partial charge in [0.05, 0.1) is 17.7 Å². The lowest BCUT2D eigenvalue weighted by atomic mass is 9.79. The zero-order chi connectivity index (χ0) is 18.6. The Kier molecular flexibility index (Phi) is 9.64. The number of para-hydroxylation sites is 1. The number of piperidine rings is 1. The number of hydrogen-bond acceptors (Lipinski definition) is 4. The lowest BCUT2D eigenvalue weighted by Crippen LogP contribution is -2.47. The number of hydrogen-bond donors (Lipinski definition) is 2. The molecule has 0 spiro atoms. The molecule has 1 aliphatic rings. The summed E-state index contributed by atoms with van der Waals surface area (Å²) >= 11 is 0. The number of benzene rings is 1. The van der Waals surface area contributed by atoms with Crippen molar-refractivity contribution in [3.63, 3.8) is 0 Å². The first-order valence-electron chi connectivity index (χ1n) is 9.42. The minimum Gasteiger partial charge on any atom is -0.384 e. The van der Waals surface area contributed by atoms with Gasteiger partial charge < -0.3 is 15.4 Å². The first-order valence-corrected chi connectivity index (χ1v) is 9.42. The van der Waals surface area contributed by atoms with Gasteiger partial charge in [-0.05, 0) is 44.0 Å². The molecular formula is C21H31Cl2N3O2. The molecule has 156 valence electrons. The van der Waals surface area contributed by atoms with Crippen LogP contribution in [0.4, 0.5) is 0 Å². The van der Waals surface area contributed by atoms with Gasteiger partial charge in [-0.25, -0.2) is 0 Å². The maximum absolute atomic E-state index is 13.0. The summed E-state index contributed by atoms with van der Waals surface area (Å²) in [5.41, 5.74) is 2.54.